The van der Waals surface area contributed by atoms with Crippen molar-refractivity contribution >= 4 is 6.09 Å². The zero-order chi connectivity index (χ0) is 17.7. The summed E-state index contributed by atoms with van der Waals surface area (Å²) in [7, 11) is 0. The zero-order valence-electron chi connectivity index (χ0n) is 13.2. The topological polar surface area (TPSA) is 126 Å². The number of primary amides is 1. The summed E-state index contributed by atoms with van der Waals surface area (Å²) in [4.78, 5) is 20.2. The lowest BCUT2D eigenvalue weighted by Gasteiger charge is -1.61. The van der Waals surface area contributed by atoms with Crippen LogP contribution in [0.15, 0.2) is 98.1 Å². The number of aromatic nitrogens is 4. The van der Waals surface area contributed by atoms with E-state index in [4.69, 9.17) is 9.90 Å². The predicted octanol–water partition coefficient (Wildman–Crippen LogP) is 3.68. The minimum Gasteiger partial charge on any atom is -0.465 e. The molecular formula is C17H23N5O2. The summed E-state index contributed by atoms with van der Waals surface area (Å²) in [6.45, 7) is 0. The van der Waals surface area contributed by atoms with Crippen molar-refractivity contribution in [3.8, 4) is 0 Å². The maximum atomic E-state index is 8.78. The van der Waals surface area contributed by atoms with Gasteiger partial charge in [-0.05, 0) is 48.5 Å². The molecule has 0 unspecified atom stereocenters. The van der Waals surface area contributed by atoms with Crippen LogP contribution in [-0.2, 0) is 0 Å². The van der Waals surface area contributed by atoms with Crippen molar-refractivity contribution in [2.24, 2.45) is 5.73 Å². The van der Waals surface area contributed by atoms with Crippen LogP contribution in [0, 0.1) is 0 Å². The molecule has 4 heterocycles. The summed E-state index contributed by atoms with van der Waals surface area (Å²) in [5, 5.41) is 7.19. The van der Waals surface area contributed by atoms with Crippen LogP contribution in [0.3, 0.4) is 0 Å². The van der Waals surface area contributed by atoms with Gasteiger partial charge in [-0.25, -0.2) is 4.79 Å². The molecule has 128 valence electrons. The maximum Gasteiger partial charge on any atom is 0.402 e. The van der Waals surface area contributed by atoms with Crippen molar-refractivity contribution in [1.29, 1.82) is 0 Å². The standard InChI is InChI=1S/4C4H5N.CH3NO2/c4*1-2-4-5-3-1;2-1(3)4/h4*1-5H;2H2,(H,3,4). The fraction of sp³-hybridized carbons (Fsp3) is 0. The molecule has 1 amide bonds. The largest absolute Gasteiger partial charge is 0.465 e. The van der Waals surface area contributed by atoms with E-state index in [2.05, 4.69) is 25.7 Å². The van der Waals surface area contributed by atoms with Gasteiger partial charge in [0.2, 0.25) is 0 Å². The van der Waals surface area contributed by atoms with Gasteiger partial charge in [0.05, 0.1) is 0 Å². The Kier molecular flexibility index (Phi) is 14.8. The number of amides is 1. The molecule has 7 heteroatoms. The fourth-order valence-corrected chi connectivity index (χ4v) is 1.11. The van der Waals surface area contributed by atoms with Crippen LogP contribution in [0.1, 0.15) is 0 Å². The third-order valence-electron chi connectivity index (χ3n) is 1.98. The first-order valence-corrected chi connectivity index (χ1v) is 7.03. The van der Waals surface area contributed by atoms with E-state index in [1.54, 1.807) is 0 Å². The summed E-state index contributed by atoms with van der Waals surface area (Å²) in [5.74, 6) is 0. The molecule has 0 fully saturated rings. The summed E-state index contributed by atoms with van der Waals surface area (Å²) >= 11 is 0. The molecule has 0 aliphatic heterocycles. The number of nitrogens with two attached hydrogens (primary N) is 1. The molecule has 0 spiro atoms. The van der Waals surface area contributed by atoms with Crippen LogP contribution < -0.4 is 5.73 Å². The number of hydrogen-bond donors (Lipinski definition) is 6. The van der Waals surface area contributed by atoms with Gasteiger partial charge >= 0.3 is 6.09 Å². The zero-order valence-corrected chi connectivity index (χ0v) is 13.2. The van der Waals surface area contributed by atoms with Gasteiger partial charge in [0.1, 0.15) is 0 Å². The minimum atomic E-state index is -1.33. The van der Waals surface area contributed by atoms with Crippen LogP contribution in [0.5, 0.6) is 0 Å². The number of aromatic amines is 4. The third-order valence-corrected chi connectivity index (χ3v) is 1.98. The summed E-state index contributed by atoms with van der Waals surface area (Å²) in [6.07, 6.45) is 13.7. The van der Waals surface area contributed by atoms with Gasteiger partial charge in [-0.2, -0.15) is 0 Å². The van der Waals surface area contributed by atoms with Crippen LogP contribution in [0.4, 0.5) is 4.79 Å². The molecule has 7 N–H and O–H groups in total. The van der Waals surface area contributed by atoms with Crippen molar-refractivity contribution in [2.75, 3.05) is 0 Å². The lowest BCUT2D eigenvalue weighted by molar-refractivity contribution is 0.205. The van der Waals surface area contributed by atoms with E-state index < -0.39 is 6.09 Å². The molecule has 4 rings (SSSR count). The lowest BCUT2D eigenvalue weighted by atomic mass is 10.7. The van der Waals surface area contributed by atoms with Crippen molar-refractivity contribution < 1.29 is 9.90 Å². The summed E-state index contributed by atoms with van der Waals surface area (Å²) in [5.41, 5.74) is 4.03. The van der Waals surface area contributed by atoms with Gasteiger partial charge < -0.3 is 30.8 Å². The normalized spacial score (nSPS) is 7.67. The van der Waals surface area contributed by atoms with E-state index in [1.165, 1.54) is 0 Å². The van der Waals surface area contributed by atoms with Gasteiger partial charge in [0, 0.05) is 49.6 Å². The SMILES string of the molecule is NC(=O)O.c1cc[nH]c1.c1cc[nH]c1.c1cc[nH]c1.c1cc[nH]c1. The summed E-state index contributed by atoms with van der Waals surface area (Å²) < 4.78 is 0. The number of rotatable bonds is 0. The van der Waals surface area contributed by atoms with Crippen molar-refractivity contribution in [1.82, 2.24) is 19.9 Å². The Hall–Kier alpha value is -3.61. The average Bonchev–Trinajstić information content (AvgIpc) is 3.46. The molecule has 4 aromatic heterocycles. The Bertz CT molecular complexity index is 437. The maximum absolute atomic E-state index is 8.78. The molecule has 0 saturated carbocycles. The number of nitrogens with one attached hydrogen (secondary N) is 4. The average molecular weight is 329 g/mol. The Labute approximate surface area is 140 Å². The highest BCUT2D eigenvalue weighted by molar-refractivity contribution is 5.61. The highest BCUT2D eigenvalue weighted by Gasteiger charge is 1.65. The first-order valence-electron chi connectivity index (χ1n) is 7.03. The second-order valence-electron chi connectivity index (χ2n) is 3.88. The van der Waals surface area contributed by atoms with Crippen LogP contribution in [-0.4, -0.2) is 31.1 Å². The van der Waals surface area contributed by atoms with Gasteiger partial charge in [-0.1, -0.05) is 0 Å². The van der Waals surface area contributed by atoms with E-state index in [0.717, 1.165) is 0 Å². The molecule has 0 radical (unpaired) electrons. The van der Waals surface area contributed by atoms with E-state index in [1.807, 2.05) is 98.1 Å². The number of hydrogen-bond acceptors (Lipinski definition) is 1. The molecule has 7 nitrogen and oxygen atoms in total. The highest BCUT2D eigenvalue weighted by Crippen LogP contribution is 1.73. The number of H-pyrrole nitrogens is 4. The van der Waals surface area contributed by atoms with Gasteiger partial charge in [-0.3, -0.25) is 0 Å². The molecule has 0 aliphatic carbocycles. The van der Waals surface area contributed by atoms with Crippen molar-refractivity contribution in [2.45, 2.75) is 0 Å². The Balaban J connectivity index is 0.000000277. The molecule has 0 saturated heterocycles. The van der Waals surface area contributed by atoms with Gasteiger partial charge in [-0.15, -0.1) is 0 Å². The van der Waals surface area contributed by atoms with Gasteiger partial charge in [0.25, 0.3) is 0 Å². The second-order valence-corrected chi connectivity index (χ2v) is 3.88. The van der Waals surface area contributed by atoms with E-state index in [-0.39, 0.29) is 0 Å². The molecule has 0 aliphatic rings. The van der Waals surface area contributed by atoms with Gasteiger partial charge in [0.15, 0.2) is 0 Å². The van der Waals surface area contributed by atoms with Crippen molar-refractivity contribution in [3.63, 3.8) is 0 Å². The second kappa shape index (κ2) is 17.4. The van der Waals surface area contributed by atoms with E-state index in [0.29, 0.717) is 0 Å². The lowest BCUT2D eigenvalue weighted by Crippen LogP contribution is -2.03. The highest BCUT2D eigenvalue weighted by atomic mass is 16.4. The Morgan fingerprint density at radius 1 is 0.542 bits per heavy atom. The van der Waals surface area contributed by atoms with Crippen LogP contribution in [0.25, 0.3) is 0 Å². The smallest absolute Gasteiger partial charge is 0.402 e. The fourth-order valence-electron chi connectivity index (χ4n) is 1.11. The van der Waals surface area contributed by atoms with E-state index >= 15 is 0 Å². The first kappa shape index (κ1) is 20.4. The third kappa shape index (κ3) is 20.7. The number of carbonyl (C=O) groups is 1. The monoisotopic (exact) mass is 329 g/mol. The molecule has 0 aromatic carbocycles. The van der Waals surface area contributed by atoms with E-state index in [9.17, 15) is 0 Å². The Morgan fingerprint density at radius 2 is 0.667 bits per heavy atom. The molecule has 24 heavy (non-hydrogen) atoms. The molecule has 0 atom stereocenters. The molecule has 4 aromatic rings. The number of carboxylic acid groups (broad SMARTS) is 1. The molecule has 0 bridgehead atoms. The quantitative estimate of drug-likeness (QED) is 0.294. The minimum absolute atomic E-state index is 1.33. The van der Waals surface area contributed by atoms with Crippen molar-refractivity contribution in [3.05, 3.63) is 98.1 Å². The summed E-state index contributed by atoms with van der Waals surface area (Å²) in [6, 6.07) is 15.6. The Morgan fingerprint density at radius 3 is 0.708 bits per heavy atom. The first-order chi connectivity index (χ1) is 11.7. The van der Waals surface area contributed by atoms with Crippen LogP contribution >= 0.6 is 0 Å². The van der Waals surface area contributed by atoms with Crippen LogP contribution in [0.2, 0.25) is 0 Å². The molecular weight excluding hydrogens is 306 g/mol. The predicted molar refractivity (Wildman–Crippen MR) is 95.4 cm³/mol.